The lowest BCUT2D eigenvalue weighted by Crippen LogP contribution is -2.30. The van der Waals surface area contributed by atoms with Crippen molar-refractivity contribution in [3.63, 3.8) is 0 Å². The molecule has 1 amide bonds. The van der Waals surface area contributed by atoms with Crippen LogP contribution >= 0.6 is 24.0 Å². The minimum absolute atomic E-state index is 0.0209. The van der Waals surface area contributed by atoms with Gasteiger partial charge in [-0.2, -0.15) is 0 Å². The Labute approximate surface area is 154 Å². The minimum atomic E-state index is -0.452. The standard InChI is InChI=1S/C18H14N2O3S2/c21-17-16(12-14-6-8-15(9-7-14)20(22)23)25-18(24)19(17)11-10-13-4-2-1-3-5-13/h1-9,12H,10-11H2. The molecule has 0 aliphatic carbocycles. The molecule has 0 unspecified atom stereocenters. The van der Waals surface area contributed by atoms with Crippen molar-refractivity contribution in [2.75, 3.05) is 6.54 Å². The van der Waals surface area contributed by atoms with Crippen LogP contribution in [0, 0.1) is 10.1 Å². The summed E-state index contributed by atoms with van der Waals surface area (Å²) in [7, 11) is 0. The maximum absolute atomic E-state index is 12.6. The molecule has 2 aromatic carbocycles. The molecular weight excluding hydrogens is 356 g/mol. The molecule has 5 nitrogen and oxygen atoms in total. The molecular formula is C18H14N2O3S2. The van der Waals surface area contributed by atoms with Crippen molar-refractivity contribution in [3.05, 3.63) is 80.7 Å². The maximum Gasteiger partial charge on any atom is 0.269 e. The molecule has 0 spiro atoms. The molecule has 0 aromatic heterocycles. The highest BCUT2D eigenvalue weighted by molar-refractivity contribution is 8.26. The van der Waals surface area contributed by atoms with Crippen LogP contribution in [0.1, 0.15) is 11.1 Å². The molecule has 1 heterocycles. The van der Waals surface area contributed by atoms with Gasteiger partial charge in [-0.3, -0.25) is 19.8 Å². The van der Waals surface area contributed by atoms with E-state index in [9.17, 15) is 14.9 Å². The summed E-state index contributed by atoms with van der Waals surface area (Å²) < 4.78 is 0.536. The summed E-state index contributed by atoms with van der Waals surface area (Å²) in [5, 5.41) is 10.7. The zero-order valence-corrected chi connectivity index (χ0v) is 14.8. The van der Waals surface area contributed by atoms with Gasteiger partial charge in [0.1, 0.15) is 4.32 Å². The van der Waals surface area contributed by atoms with E-state index in [2.05, 4.69) is 0 Å². The zero-order chi connectivity index (χ0) is 17.8. The Hall–Kier alpha value is -2.51. The summed E-state index contributed by atoms with van der Waals surface area (Å²) in [4.78, 5) is 24.9. The van der Waals surface area contributed by atoms with Crippen LogP contribution in [0.25, 0.3) is 6.08 Å². The fraction of sp³-hybridized carbons (Fsp3) is 0.111. The highest BCUT2D eigenvalue weighted by Crippen LogP contribution is 2.32. The number of thiocarbonyl (C=S) groups is 1. The fourth-order valence-electron chi connectivity index (χ4n) is 2.42. The van der Waals surface area contributed by atoms with E-state index >= 15 is 0 Å². The van der Waals surface area contributed by atoms with Crippen LogP contribution in [0.2, 0.25) is 0 Å². The lowest BCUT2D eigenvalue weighted by atomic mass is 10.1. The van der Waals surface area contributed by atoms with Gasteiger partial charge in [0.25, 0.3) is 11.6 Å². The largest absolute Gasteiger partial charge is 0.293 e. The first-order valence-electron chi connectivity index (χ1n) is 7.58. The second kappa shape index (κ2) is 7.58. The van der Waals surface area contributed by atoms with Crippen LogP contribution in [0.5, 0.6) is 0 Å². The lowest BCUT2D eigenvalue weighted by Gasteiger charge is -2.14. The van der Waals surface area contributed by atoms with Gasteiger partial charge in [-0.25, -0.2) is 0 Å². The number of amides is 1. The average Bonchev–Trinajstić information content (AvgIpc) is 2.88. The SMILES string of the molecule is O=C1C(=Cc2ccc([N+](=O)[O-])cc2)SC(=S)N1CCc1ccccc1. The predicted molar refractivity (Wildman–Crippen MR) is 103 cm³/mol. The van der Waals surface area contributed by atoms with Crippen LogP contribution in [-0.2, 0) is 11.2 Å². The molecule has 1 saturated heterocycles. The van der Waals surface area contributed by atoms with Gasteiger partial charge in [0.2, 0.25) is 0 Å². The van der Waals surface area contributed by atoms with Gasteiger partial charge >= 0.3 is 0 Å². The van der Waals surface area contributed by atoms with Gasteiger partial charge in [-0.15, -0.1) is 0 Å². The van der Waals surface area contributed by atoms with Gasteiger partial charge in [-0.05, 0) is 35.8 Å². The van der Waals surface area contributed by atoms with Crippen LogP contribution in [-0.4, -0.2) is 26.6 Å². The molecule has 1 aliphatic rings. The number of nitrogens with zero attached hydrogens (tertiary/aromatic N) is 2. The van der Waals surface area contributed by atoms with Crippen LogP contribution in [0.15, 0.2) is 59.5 Å². The molecule has 1 fully saturated rings. The quantitative estimate of drug-likeness (QED) is 0.344. The van der Waals surface area contributed by atoms with E-state index < -0.39 is 4.92 Å². The van der Waals surface area contributed by atoms with Crippen molar-refractivity contribution in [1.82, 2.24) is 4.90 Å². The van der Waals surface area contributed by atoms with Gasteiger partial charge < -0.3 is 0 Å². The van der Waals surface area contributed by atoms with E-state index in [1.807, 2.05) is 30.3 Å². The summed E-state index contributed by atoms with van der Waals surface area (Å²) in [6, 6.07) is 16.0. The van der Waals surface area contributed by atoms with Crippen molar-refractivity contribution in [2.24, 2.45) is 0 Å². The number of benzene rings is 2. The molecule has 126 valence electrons. The van der Waals surface area contributed by atoms with Crippen molar-refractivity contribution in [2.45, 2.75) is 6.42 Å². The molecule has 0 radical (unpaired) electrons. The van der Waals surface area contributed by atoms with Crippen molar-refractivity contribution >= 4 is 46.0 Å². The summed E-state index contributed by atoms with van der Waals surface area (Å²) in [6.45, 7) is 0.534. The van der Waals surface area contributed by atoms with E-state index in [1.54, 1.807) is 23.1 Å². The Morgan fingerprint density at radius 3 is 2.44 bits per heavy atom. The summed E-state index contributed by atoms with van der Waals surface area (Å²) >= 11 is 6.58. The third kappa shape index (κ3) is 4.12. The van der Waals surface area contributed by atoms with E-state index in [4.69, 9.17) is 12.2 Å². The monoisotopic (exact) mass is 370 g/mol. The fourth-order valence-corrected chi connectivity index (χ4v) is 3.73. The molecule has 25 heavy (non-hydrogen) atoms. The second-order valence-electron chi connectivity index (χ2n) is 5.42. The number of non-ortho nitro benzene ring substituents is 1. The zero-order valence-electron chi connectivity index (χ0n) is 13.1. The van der Waals surface area contributed by atoms with Gasteiger partial charge in [0.15, 0.2) is 0 Å². The molecule has 0 atom stereocenters. The Balaban J connectivity index is 1.70. The van der Waals surface area contributed by atoms with Crippen LogP contribution < -0.4 is 0 Å². The van der Waals surface area contributed by atoms with E-state index in [-0.39, 0.29) is 11.6 Å². The smallest absolute Gasteiger partial charge is 0.269 e. The number of carbonyl (C=O) groups is 1. The van der Waals surface area contributed by atoms with Crippen LogP contribution in [0.3, 0.4) is 0 Å². The number of carbonyl (C=O) groups excluding carboxylic acids is 1. The molecule has 1 aliphatic heterocycles. The molecule has 0 saturated carbocycles. The highest BCUT2D eigenvalue weighted by atomic mass is 32.2. The second-order valence-corrected chi connectivity index (χ2v) is 7.09. The van der Waals surface area contributed by atoms with Crippen LogP contribution in [0.4, 0.5) is 5.69 Å². The van der Waals surface area contributed by atoms with E-state index in [0.717, 1.165) is 17.5 Å². The molecule has 2 aromatic rings. The number of nitro groups is 1. The molecule has 3 rings (SSSR count). The molecule has 7 heteroatoms. The van der Waals surface area contributed by atoms with Gasteiger partial charge in [0.05, 0.1) is 9.83 Å². The first-order valence-corrected chi connectivity index (χ1v) is 8.81. The van der Waals surface area contributed by atoms with E-state index in [1.165, 1.54) is 23.9 Å². The van der Waals surface area contributed by atoms with Crippen molar-refractivity contribution in [3.8, 4) is 0 Å². The Kier molecular flexibility index (Phi) is 5.25. The summed E-state index contributed by atoms with van der Waals surface area (Å²) in [5.74, 6) is -0.121. The molecule has 0 N–H and O–H groups in total. The third-order valence-electron chi connectivity index (χ3n) is 3.74. The number of rotatable bonds is 5. The minimum Gasteiger partial charge on any atom is -0.293 e. The van der Waals surface area contributed by atoms with Gasteiger partial charge in [-0.1, -0.05) is 54.3 Å². The number of thioether (sulfide) groups is 1. The Bertz CT molecular complexity index is 848. The first kappa shape index (κ1) is 17.3. The normalized spacial score (nSPS) is 15.8. The topological polar surface area (TPSA) is 63.4 Å². The predicted octanol–water partition coefficient (Wildman–Crippen LogP) is 4.04. The first-order chi connectivity index (χ1) is 12.0. The maximum atomic E-state index is 12.6. The van der Waals surface area contributed by atoms with Crippen molar-refractivity contribution < 1.29 is 9.72 Å². The lowest BCUT2D eigenvalue weighted by molar-refractivity contribution is -0.384. The Morgan fingerprint density at radius 2 is 1.80 bits per heavy atom. The average molecular weight is 370 g/mol. The highest BCUT2D eigenvalue weighted by Gasteiger charge is 2.31. The number of nitro benzene ring substituents is 1. The summed E-state index contributed by atoms with van der Waals surface area (Å²) in [6.07, 6.45) is 2.45. The third-order valence-corrected chi connectivity index (χ3v) is 5.12. The van der Waals surface area contributed by atoms with E-state index in [0.29, 0.717) is 15.8 Å². The molecule has 0 bridgehead atoms. The number of hydrogen-bond donors (Lipinski definition) is 0. The van der Waals surface area contributed by atoms with Crippen molar-refractivity contribution in [1.29, 1.82) is 0 Å². The Morgan fingerprint density at radius 1 is 1.12 bits per heavy atom. The summed E-state index contributed by atoms with van der Waals surface area (Å²) in [5.41, 5.74) is 1.90. The number of hydrogen-bond acceptors (Lipinski definition) is 5. The van der Waals surface area contributed by atoms with Gasteiger partial charge in [0, 0.05) is 18.7 Å².